The third-order valence-electron chi connectivity index (χ3n) is 2.45. The number of hydrogen-bond acceptors (Lipinski definition) is 2. The highest BCUT2D eigenvalue weighted by Crippen LogP contribution is 2.18. The third-order valence-corrected chi connectivity index (χ3v) is 3.51. The molecule has 0 radical (unpaired) electrons. The normalized spacial score (nSPS) is 10.2. The summed E-state index contributed by atoms with van der Waals surface area (Å²) in [6, 6.07) is 9.12. The molecule has 0 aliphatic rings. The summed E-state index contributed by atoms with van der Waals surface area (Å²) < 4.78 is 0. The highest BCUT2D eigenvalue weighted by Gasteiger charge is 2.14. The Bertz CT molecular complexity index is 510. The summed E-state index contributed by atoms with van der Waals surface area (Å²) in [4.78, 5) is 13.8. The highest BCUT2D eigenvalue weighted by molar-refractivity contribution is 7.07. The van der Waals surface area contributed by atoms with Gasteiger partial charge in [0.05, 0.1) is 10.6 Å². The quantitative estimate of drug-likeness (QED) is 0.829. The molecule has 88 valence electrons. The number of amides is 1. The van der Waals surface area contributed by atoms with Crippen LogP contribution < -0.4 is 0 Å². The van der Waals surface area contributed by atoms with Crippen molar-refractivity contribution >= 4 is 28.8 Å². The van der Waals surface area contributed by atoms with Crippen molar-refractivity contribution in [3.8, 4) is 0 Å². The van der Waals surface area contributed by atoms with Crippen LogP contribution in [0, 0.1) is 0 Å². The summed E-state index contributed by atoms with van der Waals surface area (Å²) in [7, 11) is 1.78. The van der Waals surface area contributed by atoms with Gasteiger partial charge in [0.2, 0.25) is 0 Å². The van der Waals surface area contributed by atoms with Gasteiger partial charge >= 0.3 is 0 Å². The molecule has 0 aliphatic carbocycles. The molecule has 2 aromatic rings. The van der Waals surface area contributed by atoms with Gasteiger partial charge in [-0.3, -0.25) is 4.79 Å². The van der Waals surface area contributed by atoms with Gasteiger partial charge in [-0.1, -0.05) is 23.7 Å². The van der Waals surface area contributed by atoms with Crippen molar-refractivity contribution in [3.05, 3.63) is 57.2 Å². The van der Waals surface area contributed by atoms with E-state index in [1.807, 2.05) is 29.0 Å². The van der Waals surface area contributed by atoms with Crippen molar-refractivity contribution in [1.29, 1.82) is 0 Å². The number of rotatable bonds is 3. The van der Waals surface area contributed by atoms with E-state index in [-0.39, 0.29) is 5.91 Å². The number of benzene rings is 1. The molecule has 0 N–H and O–H groups in total. The molecule has 0 aliphatic heterocycles. The molecule has 0 atom stereocenters. The van der Waals surface area contributed by atoms with Crippen LogP contribution in [-0.2, 0) is 6.54 Å². The number of thiophene rings is 1. The Morgan fingerprint density at radius 1 is 1.35 bits per heavy atom. The minimum atomic E-state index is -0.0539. The molecular weight excluding hydrogens is 254 g/mol. The SMILES string of the molecule is CN(Cc1ccsc1)C(=O)c1ccccc1Cl. The van der Waals surface area contributed by atoms with E-state index < -0.39 is 0 Å². The Labute approximate surface area is 109 Å². The zero-order valence-electron chi connectivity index (χ0n) is 9.39. The second-order valence-corrected chi connectivity index (χ2v) is 4.96. The lowest BCUT2D eigenvalue weighted by molar-refractivity contribution is 0.0785. The predicted molar refractivity (Wildman–Crippen MR) is 71.6 cm³/mol. The van der Waals surface area contributed by atoms with E-state index >= 15 is 0 Å². The van der Waals surface area contributed by atoms with Crippen molar-refractivity contribution in [3.63, 3.8) is 0 Å². The molecule has 0 saturated heterocycles. The Balaban J connectivity index is 2.13. The lowest BCUT2D eigenvalue weighted by Gasteiger charge is -2.17. The van der Waals surface area contributed by atoms with E-state index in [9.17, 15) is 4.79 Å². The van der Waals surface area contributed by atoms with Gasteiger partial charge in [-0.05, 0) is 34.5 Å². The monoisotopic (exact) mass is 265 g/mol. The largest absolute Gasteiger partial charge is 0.337 e. The molecule has 0 fully saturated rings. The van der Waals surface area contributed by atoms with E-state index in [0.717, 1.165) is 5.56 Å². The van der Waals surface area contributed by atoms with Crippen molar-refractivity contribution < 1.29 is 4.79 Å². The van der Waals surface area contributed by atoms with E-state index in [1.165, 1.54) is 0 Å². The van der Waals surface area contributed by atoms with Crippen LogP contribution in [0.15, 0.2) is 41.1 Å². The van der Waals surface area contributed by atoms with Crippen LogP contribution in [0.25, 0.3) is 0 Å². The second-order valence-electron chi connectivity index (χ2n) is 3.77. The summed E-state index contributed by atoms with van der Waals surface area (Å²) in [6.45, 7) is 0.605. The van der Waals surface area contributed by atoms with E-state index in [2.05, 4.69) is 0 Å². The van der Waals surface area contributed by atoms with Gasteiger partial charge in [-0.2, -0.15) is 11.3 Å². The topological polar surface area (TPSA) is 20.3 Å². The van der Waals surface area contributed by atoms with Crippen LogP contribution in [0.2, 0.25) is 5.02 Å². The summed E-state index contributed by atoms with van der Waals surface area (Å²) in [5.74, 6) is -0.0539. The fourth-order valence-electron chi connectivity index (χ4n) is 1.57. The second kappa shape index (κ2) is 5.34. The molecule has 0 unspecified atom stereocenters. The molecule has 2 rings (SSSR count). The van der Waals surface area contributed by atoms with E-state index in [0.29, 0.717) is 17.1 Å². The molecule has 0 spiro atoms. The maximum Gasteiger partial charge on any atom is 0.255 e. The molecule has 0 saturated carbocycles. The summed E-state index contributed by atoms with van der Waals surface area (Å²) in [5, 5.41) is 4.54. The molecule has 2 nitrogen and oxygen atoms in total. The van der Waals surface area contributed by atoms with E-state index in [4.69, 9.17) is 11.6 Å². The number of carbonyl (C=O) groups is 1. The lowest BCUT2D eigenvalue weighted by Crippen LogP contribution is -2.26. The smallest absolute Gasteiger partial charge is 0.255 e. The maximum absolute atomic E-state index is 12.1. The number of carbonyl (C=O) groups excluding carboxylic acids is 1. The fourth-order valence-corrected chi connectivity index (χ4v) is 2.44. The molecule has 1 aromatic heterocycles. The third kappa shape index (κ3) is 2.87. The number of nitrogens with zero attached hydrogens (tertiary/aromatic N) is 1. The van der Waals surface area contributed by atoms with Crippen LogP contribution in [0.4, 0.5) is 0 Å². The van der Waals surface area contributed by atoms with Gasteiger partial charge in [0, 0.05) is 13.6 Å². The van der Waals surface area contributed by atoms with Gasteiger partial charge < -0.3 is 4.90 Å². The predicted octanol–water partition coefficient (Wildman–Crippen LogP) is 3.67. The Morgan fingerprint density at radius 2 is 2.12 bits per heavy atom. The molecule has 17 heavy (non-hydrogen) atoms. The van der Waals surface area contributed by atoms with Crippen LogP contribution in [0.1, 0.15) is 15.9 Å². The van der Waals surface area contributed by atoms with Gasteiger partial charge in [0.15, 0.2) is 0 Å². The summed E-state index contributed by atoms with van der Waals surface area (Å²) in [5.41, 5.74) is 1.68. The highest BCUT2D eigenvalue weighted by atomic mass is 35.5. The van der Waals surface area contributed by atoms with Gasteiger partial charge in [0.1, 0.15) is 0 Å². The van der Waals surface area contributed by atoms with Crippen molar-refractivity contribution in [2.24, 2.45) is 0 Å². The lowest BCUT2D eigenvalue weighted by atomic mass is 10.2. The summed E-state index contributed by atoms with van der Waals surface area (Å²) >= 11 is 7.63. The first kappa shape index (κ1) is 12.1. The van der Waals surface area contributed by atoms with E-state index in [1.54, 1.807) is 35.4 Å². The first-order valence-corrected chi connectivity index (χ1v) is 6.51. The molecule has 4 heteroatoms. The summed E-state index contributed by atoms with van der Waals surface area (Å²) in [6.07, 6.45) is 0. The van der Waals surface area contributed by atoms with Crippen molar-refractivity contribution in [2.45, 2.75) is 6.54 Å². The average Bonchev–Trinajstić information content (AvgIpc) is 2.81. The Kier molecular flexibility index (Phi) is 3.82. The molecule has 1 heterocycles. The first-order valence-electron chi connectivity index (χ1n) is 5.19. The molecule has 0 bridgehead atoms. The zero-order chi connectivity index (χ0) is 12.3. The minimum absolute atomic E-state index is 0.0539. The molecular formula is C13H12ClNOS. The van der Waals surface area contributed by atoms with Gasteiger partial charge in [-0.25, -0.2) is 0 Å². The number of halogens is 1. The fraction of sp³-hybridized carbons (Fsp3) is 0.154. The Morgan fingerprint density at radius 3 is 2.76 bits per heavy atom. The van der Waals surface area contributed by atoms with Crippen molar-refractivity contribution in [1.82, 2.24) is 4.90 Å². The molecule has 1 amide bonds. The number of hydrogen-bond donors (Lipinski definition) is 0. The van der Waals surface area contributed by atoms with Crippen LogP contribution in [0.5, 0.6) is 0 Å². The zero-order valence-corrected chi connectivity index (χ0v) is 11.0. The van der Waals surface area contributed by atoms with Crippen LogP contribution >= 0.6 is 22.9 Å². The maximum atomic E-state index is 12.1. The average molecular weight is 266 g/mol. The van der Waals surface area contributed by atoms with Crippen LogP contribution in [0.3, 0.4) is 0 Å². The standard InChI is InChI=1S/C13H12ClNOS/c1-15(8-10-6-7-17-9-10)13(16)11-4-2-3-5-12(11)14/h2-7,9H,8H2,1H3. The Hall–Kier alpha value is -1.32. The minimum Gasteiger partial charge on any atom is -0.337 e. The van der Waals surface area contributed by atoms with Gasteiger partial charge in [0.25, 0.3) is 5.91 Å². The van der Waals surface area contributed by atoms with Gasteiger partial charge in [-0.15, -0.1) is 0 Å². The van der Waals surface area contributed by atoms with Crippen LogP contribution in [-0.4, -0.2) is 17.9 Å². The van der Waals surface area contributed by atoms with Crippen molar-refractivity contribution in [2.75, 3.05) is 7.05 Å². The molecule has 1 aromatic carbocycles. The first-order chi connectivity index (χ1) is 8.18.